The summed E-state index contributed by atoms with van der Waals surface area (Å²) in [5, 5.41) is 11.7. The molecule has 8 nitrogen and oxygen atoms in total. The minimum atomic E-state index is -1.16. The Morgan fingerprint density at radius 1 is 1.28 bits per heavy atom. The highest BCUT2D eigenvalue weighted by Crippen LogP contribution is 2.33. The zero-order valence-corrected chi connectivity index (χ0v) is 14.3. The molecule has 0 bridgehead atoms. The van der Waals surface area contributed by atoms with Crippen molar-refractivity contribution in [1.29, 1.82) is 0 Å². The van der Waals surface area contributed by atoms with E-state index in [1.54, 1.807) is 19.1 Å². The van der Waals surface area contributed by atoms with E-state index < -0.39 is 23.5 Å². The Balaban J connectivity index is 2.50. The molecule has 0 fully saturated rings. The van der Waals surface area contributed by atoms with Gasteiger partial charge in [-0.2, -0.15) is 0 Å². The first-order chi connectivity index (χ1) is 11.8. The van der Waals surface area contributed by atoms with Gasteiger partial charge in [0.25, 0.3) is 0 Å². The maximum Gasteiger partial charge on any atom is 0.340 e. The van der Waals surface area contributed by atoms with Crippen LogP contribution in [-0.4, -0.2) is 37.2 Å². The summed E-state index contributed by atoms with van der Waals surface area (Å²) in [5.74, 6) is -0.842. The third-order valence-corrected chi connectivity index (χ3v) is 3.86. The summed E-state index contributed by atoms with van der Waals surface area (Å²) in [4.78, 5) is 35.1. The molecule has 134 valence electrons. The second kappa shape index (κ2) is 7.25. The Labute approximate surface area is 143 Å². The highest BCUT2D eigenvalue weighted by Gasteiger charge is 2.20. The fourth-order valence-corrected chi connectivity index (χ4v) is 2.48. The SMILES string of the molecule is COc1cc(OC)c2c(C)c(CC(=O)N[C@H](C)C(=O)O)c(=O)oc2c1. The zero-order chi connectivity index (χ0) is 18.7. The van der Waals surface area contributed by atoms with Gasteiger partial charge in [-0.25, -0.2) is 4.79 Å². The van der Waals surface area contributed by atoms with E-state index >= 15 is 0 Å². The molecule has 0 spiro atoms. The first kappa shape index (κ1) is 18.3. The van der Waals surface area contributed by atoms with Crippen molar-refractivity contribution in [1.82, 2.24) is 5.32 Å². The molecule has 0 unspecified atom stereocenters. The number of carbonyl (C=O) groups is 2. The summed E-state index contributed by atoms with van der Waals surface area (Å²) in [6.07, 6.45) is -0.295. The van der Waals surface area contributed by atoms with Gasteiger partial charge in [-0.05, 0) is 19.4 Å². The van der Waals surface area contributed by atoms with Crippen LogP contribution >= 0.6 is 0 Å². The molecule has 0 aliphatic rings. The van der Waals surface area contributed by atoms with Gasteiger partial charge in [0, 0.05) is 12.1 Å². The number of benzene rings is 1. The largest absolute Gasteiger partial charge is 0.496 e. The number of rotatable bonds is 6. The van der Waals surface area contributed by atoms with Gasteiger partial charge in [-0.15, -0.1) is 0 Å². The van der Waals surface area contributed by atoms with E-state index in [1.165, 1.54) is 21.1 Å². The molecule has 1 aromatic carbocycles. The molecule has 2 rings (SSSR count). The molecule has 1 amide bonds. The maximum atomic E-state index is 12.3. The van der Waals surface area contributed by atoms with E-state index in [9.17, 15) is 14.4 Å². The average molecular weight is 349 g/mol. The van der Waals surface area contributed by atoms with Crippen LogP contribution in [0.3, 0.4) is 0 Å². The van der Waals surface area contributed by atoms with Gasteiger partial charge in [0.05, 0.1) is 31.6 Å². The van der Waals surface area contributed by atoms with Crippen LogP contribution in [0.1, 0.15) is 18.1 Å². The third-order valence-electron chi connectivity index (χ3n) is 3.86. The van der Waals surface area contributed by atoms with Crippen molar-refractivity contribution in [3.05, 3.63) is 33.7 Å². The van der Waals surface area contributed by atoms with E-state index in [0.29, 0.717) is 22.4 Å². The Bertz CT molecular complexity index is 885. The summed E-state index contributed by atoms with van der Waals surface area (Å²) in [5.41, 5.74) is 0.287. The van der Waals surface area contributed by atoms with Gasteiger partial charge < -0.3 is 24.3 Å². The number of aliphatic carboxylic acids is 1. The minimum Gasteiger partial charge on any atom is -0.496 e. The second-order valence-electron chi connectivity index (χ2n) is 5.50. The lowest BCUT2D eigenvalue weighted by molar-refractivity contribution is -0.141. The van der Waals surface area contributed by atoms with Crippen molar-refractivity contribution in [2.75, 3.05) is 14.2 Å². The number of carbonyl (C=O) groups excluding carboxylic acids is 1. The number of nitrogens with one attached hydrogen (secondary N) is 1. The van der Waals surface area contributed by atoms with Crippen molar-refractivity contribution < 1.29 is 28.6 Å². The molecule has 1 aromatic heterocycles. The number of aryl methyl sites for hydroxylation is 1. The molecule has 8 heteroatoms. The number of carboxylic acids is 1. The van der Waals surface area contributed by atoms with Crippen LogP contribution in [-0.2, 0) is 16.0 Å². The van der Waals surface area contributed by atoms with Gasteiger partial charge in [-0.1, -0.05) is 0 Å². The van der Waals surface area contributed by atoms with Crippen molar-refractivity contribution in [3.8, 4) is 11.5 Å². The summed E-state index contributed by atoms with van der Waals surface area (Å²) >= 11 is 0. The van der Waals surface area contributed by atoms with Crippen LogP contribution in [0.4, 0.5) is 0 Å². The molecule has 2 aromatic rings. The van der Waals surface area contributed by atoms with Crippen molar-refractivity contribution >= 4 is 22.8 Å². The van der Waals surface area contributed by atoms with Gasteiger partial charge in [0.15, 0.2) is 0 Å². The summed E-state index contributed by atoms with van der Waals surface area (Å²) in [6.45, 7) is 3.02. The van der Waals surface area contributed by atoms with Crippen molar-refractivity contribution in [2.45, 2.75) is 26.3 Å². The van der Waals surface area contributed by atoms with Crippen molar-refractivity contribution in [3.63, 3.8) is 0 Å². The summed E-state index contributed by atoms with van der Waals surface area (Å²) < 4.78 is 15.8. The highest BCUT2D eigenvalue weighted by atomic mass is 16.5. The molecule has 0 aliphatic heterocycles. The minimum absolute atomic E-state index is 0.144. The number of carboxylic acid groups (broad SMARTS) is 1. The fraction of sp³-hybridized carbons (Fsp3) is 0.353. The van der Waals surface area contributed by atoms with Crippen LogP contribution in [0.2, 0.25) is 0 Å². The third kappa shape index (κ3) is 3.73. The number of hydrogen-bond donors (Lipinski definition) is 2. The lowest BCUT2D eigenvalue weighted by atomic mass is 10.0. The van der Waals surface area contributed by atoms with E-state index in [1.807, 2.05) is 0 Å². The highest BCUT2D eigenvalue weighted by molar-refractivity contribution is 5.91. The number of hydrogen-bond acceptors (Lipinski definition) is 6. The quantitative estimate of drug-likeness (QED) is 0.754. The number of amides is 1. The lowest BCUT2D eigenvalue weighted by Crippen LogP contribution is -2.39. The van der Waals surface area contributed by atoms with Gasteiger partial charge in [0.1, 0.15) is 23.1 Å². The molecule has 0 saturated carbocycles. The number of methoxy groups -OCH3 is 2. The predicted molar refractivity (Wildman–Crippen MR) is 89.3 cm³/mol. The molecule has 0 radical (unpaired) electrons. The first-order valence-corrected chi connectivity index (χ1v) is 7.49. The van der Waals surface area contributed by atoms with Crippen LogP contribution in [0.5, 0.6) is 11.5 Å². The molecular formula is C17H19NO7. The standard InChI is InChI=1S/C17H19NO7/c1-8-11(7-14(19)18-9(2)16(20)21)17(22)25-13-6-10(23-3)5-12(24-4)15(8)13/h5-6,9H,7H2,1-4H3,(H,18,19)(H,20,21)/t9-/m1/s1. The Kier molecular flexibility index (Phi) is 5.31. The molecular weight excluding hydrogens is 330 g/mol. The smallest absolute Gasteiger partial charge is 0.340 e. The second-order valence-corrected chi connectivity index (χ2v) is 5.50. The molecule has 25 heavy (non-hydrogen) atoms. The monoisotopic (exact) mass is 349 g/mol. The number of fused-ring (bicyclic) bond motifs is 1. The Morgan fingerprint density at radius 3 is 2.52 bits per heavy atom. The van der Waals surface area contributed by atoms with Crippen LogP contribution in [0.15, 0.2) is 21.3 Å². The van der Waals surface area contributed by atoms with E-state index in [-0.39, 0.29) is 17.6 Å². The van der Waals surface area contributed by atoms with Gasteiger partial charge >= 0.3 is 11.6 Å². The lowest BCUT2D eigenvalue weighted by Gasteiger charge is -2.13. The summed E-state index contributed by atoms with van der Waals surface area (Å²) in [7, 11) is 2.95. The normalized spacial score (nSPS) is 11.8. The van der Waals surface area contributed by atoms with E-state index in [4.69, 9.17) is 19.0 Å². The van der Waals surface area contributed by atoms with Gasteiger partial charge in [-0.3, -0.25) is 9.59 Å². The molecule has 2 N–H and O–H groups in total. The van der Waals surface area contributed by atoms with Crippen LogP contribution in [0, 0.1) is 6.92 Å². The average Bonchev–Trinajstić information content (AvgIpc) is 2.56. The van der Waals surface area contributed by atoms with E-state index in [0.717, 1.165) is 0 Å². The Morgan fingerprint density at radius 2 is 1.96 bits per heavy atom. The molecule has 0 saturated heterocycles. The molecule has 1 heterocycles. The fourth-order valence-electron chi connectivity index (χ4n) is 2.48. The molecule has 0 aliphatic carbocycles. The summed E-state index contributed by atoms with van der Waals surface area (Å²) in [6, 6.07) is 2.15. The van der Waals surface area contributed by atoms with E-state index in [2.05, 4.69) is 5.32 Å². The van der Waals surface area contributed by atoms with Crippen LogP contribution < -0.4 is 20.4 Å². The number of ether oxygens (including phenoxy) is 2. The topological polar surface area (TPSA) is 115 Å². The van der Waals surface area contributed by atoms with Crippen molar-refractivity contribution in [2.24, 2.45) is 0 Å². The maximum absolute atomic E-state index is 12.3. The predicted octanol–water partition coefficient (Wildman–Crippen LogP) is 1.25. The Hall–Kier alpha value is -3.03. The van der Waals surface area contributed by atoms with Crippen LogP contribution in [0.25, 0.3) is 11.0 Å². The first-order valence-electron chi connectivity index (χ1n) is 7.49. The van der Waals surface area contributed by atoms with Gasteiger partial charge in [0.2, 0.25) is 5.91 Å². The molecule has 1 atom stereocenters. The zero-order valence-electron chi connectivity index (χ0n) is 14.3.